The Labute approximate surface area is 150 Å². The Kier molecular flexibility index (Phi) is 5.18. The van der Waals surface area contributed by atoms with E-state index in [0.717, 1.165) is 36.6 Å². The average molecular weight is 359 g/mol. The second kappa shape index (κ2) is 7.35. The molecule has 0 amide bonds. The summed E-state index contributed by atoms with van der Waals surface area (Å²) in [4.78, 5) is 2.44. The molecule has 0 aliphatic carbocycles. The Balaban J connectivity index is 1.61. The van der Waals surface area contributed by atoms with Gasteiger partial charge in [-0.25, -0.2) is 8.42 Å². The maximum atomic E-state index is 11.2. The van der Waals surface area contributed by atoms with E-state index >= 15 is 0 Å². The predicted octanol–water partition coefficient (Wildman–Crippen LogP) is 4.04. The lowest BCUT2D eigenvalue weighted by atomic mass is 9.99. The second-order valence-electron chi connectivity index (χ2n) is 6.79. The van der Waals surface area contributed by atoms with E-state index in [9.17, 15) is 8.42 Å². The van der Waals surface area contributed by atoms with Crippen molar-refractivity contribution in [3.05, 3.63) is 48.5 Å². The van der Waals surface area contributed by atoms with Gasteiger partial charge in [-0.05, 0) is 67.3 Å². The van der Waals surface area contributed by atoms with Gasteiger partial charge >= 0.3 is 0 Å². The van der Waals surface area contributed by atoms with Crippen LogP contribution in [0.4, 0.5) is 22.7 Å². The molecule has 134 valence electrons. The molecule has 2 aromatic rings. The zero-order chi connectivity index (χ0) is 17.9. The summed E-state index contributed by atoms with van der Waals surface area (Å²) >= 11 is 0. The molecule has 25 heavy (non-hydrogen) atoms. The molecule has 0 bridgehead atoms. The third-order valence-electron chi connectivity index (χ3n) is 4.49. The number of anilines is 4. The first-order valence-corrected chi connectivity index (χ1v) is 10.5. The van der Waals surface area contributed by atoms with Crippen LogP contribution >= 0.6 is 0 Å². The van der Waals surface area contributed by atoms with Gasteiger partial charge < -0.3 is 10.2 Å². The van der Waals surface area contributed by atoms with E-state index in [1.807, 2.05) is 12.1 Å². The first-order valence-electron chi connectivity index (χ1n) is 8.59. The average Bonchev–Trinajstić information content (AvgIpc) is 2.57. The molecule has 0 radical (unpaired) electrons. The SMILES string of the molecule is CC1CCN(c2ccc(Nc3ccc(NS(C)(=O)=O)cc3)cc2)CC1. The van der Waals surface area contributed by atoms with Crippen LogP contribution in [0.1, 0.15) is 19.8 Å². The minimum absolute atomic E-state index is 0.558. The highest BCUT2D eigenvalue weighted by atomic mass is 32.2. The molecule has 0 atom stereocenters. The third kappa shape index (κ3) is 5.13. The Hall–Kier alpha value is -2.21. The van der Waals surface area contributed by atoms with Crippen molar-refractivity contribution >= 4 is 32.8 Å². The van der Waals surface area contributed by atoms with Gasteiger partial charge in [0.2, 0.25) is 10.0 Å². The van der Waals surface area contributed by atoms with Gasteiger partial charge in [0.25, 0.3) is 0 Å². The number of piperidine rings is 1. The molecule has 2 N–H and O–H groups in total. The molecule has 1 aliphatic heterocycles. The summed E-state index contributed by atoms with van der Waals surface area (Å²) in [6.45, 7) is 4.58. The van der Waals surface area contributed by atoms with E-state index in [2.05, 4.69) is 46.1 Å². The number of hydrogen-bond donors (Lipinski definition) is 2. The maximum absolute atomic E-state index is 11.2. The number of sulfonamides is 1. The van der Waals surface area contributed by atoms with Gasteiger partial charge in [0, 0.05) is 35.8 Å². The van der Waals surface area contributed by atoms with Crippen molar-refractivity contribution in [2.24, 2.45) is 5.92 Å². The normalized spacial score (nSPS) is 15.8. The van der Waals surface area contributed by atoms with Crippen molar-refractivity contribution in [1.29, 1.82) is 0 Å². The molecule has 1 fully saturated rings. The van der Waals surface area contributed by atoms with Gasteiger partial charge in [0.1, 0.15) is 0 Å². The van der Waals surface area contributed by atoms with Crippen molar-refractivity contribution < 1.29 is 8.42 Å². The largest absolute Gasteiger partial charge is 0.372 e. The van der Waals surface area contributed by atoms with Crippen molar-refractivity contribution in [3.63, 3.8) is 0 Å². The Morgan fingerprint density at radius 2 is 1.36 bits per heavy atom. The molecule has 0 saturated carbocycles. The Morgan fingerprint density at radius 3 is 1.88 bits per heavy atom. The van der Waals surface area contributed by atoms with E-state index < -0.39 is 10.0 Å². The second-order valence-corrected chi connectivity index (χ2v) is 8.54. The molecule has 1 saturated heterocycles. The van der Waals surface area contributed by atoms with Crippen LogP contribution in [-0.2, 0) is 10.0 Å². The highest BCUT2D eigenvalue weighted by molar-refractivity contribution is 7.92. The van der Waals surface area contributed by atoms with Gasteiger partial charge in [-0.15, -0.1) is 0 Å². The molecule has 5 nitrogen and oxygen atoms in total. The lowest BCUT2D eigenvalue weighted by Crippen LogP contribution is -2.32. The summed E-state index contributed by atoms with van der Waals surface area (Å²) in [7, 11) is -3.24. The number of rotatable bonds is 5. The zero-order valence-electron chi connectivity index (χ0n) is 14.7. The quantitative estimate of drug-likeness (QED) is 0.846. The number of nitrogens with zero attached hydrogens (tertiary/aromatic N) is 1. The fourth-order valence-electron chi connectivity index (χ4n) is 3.02. The summed E-state index contributed by atoms with van der Waals surface area (Å²) < 4.78 is 24.9. The van der Waals surface area contributed by atoms with Crippen LogP contribution < -0.4 is 14.9 Å². The Morgan fingerprint density at radius 1 is 0.880 bits per heavy atom. The summed E-state index contributed by atoms with van der Waals surface area (Å²) in [5.74, 6) is 0.831. The smallest absolute Gasteiger partial charge is 0.229 e. The van der Waals surface area contributed by atoms with E-state index in [1.165, 1.54) is 18.5 Å². The van der Waals surface area contributed by atoms with Crippen molar-refractivity contribution in [2.75, 3.05) is 34.3 Å². The van der Waals surface area contributed by atoms with Crippen LogP contribution in [0.2, 0.25) is 0 Å². The van der Waals surface area contributed by atoms with Crippen molar-refractivity contribution in [3.8, 4) is 0 Å². The predicted molar refractivity (Wildman–Crippen MR) is 105 cm³/mol. The van der Waals surface area contributed by atoms with Crippen LogP contribution in [0.3, 0.4) is 0 Å². The minimum atomic E-state index is -3.24. The number of benzene rings is 2. The molecule has 3 rings (SSSR count). The first kappa shape index (κ1) is 17.6. The molecule has 0 unspecified atom stereocenters. The fourth-order valence-corrected chi connectivity index (χ4v) is 3.59. The summed E-state index contributed by atoms with van der Waals surface area (Å²) in [5, 5.41) is 3.34. The molecule has 2 aromatic carbocycles. The van der Waals surface area contributed by atoms with Gasteiger partial charge in [-0.3, -0.25) is 4.72 Å². The summed E-state index contributed by atoms with van der Waals surface area (Å²) in [6.07, 6.45) is 3.66. The van der Waals surface area contributed by atoms with E-state index in [1.54, 1.807) is 12.1 Å². The Bertz CT molecular complexity index is 794. The zero-order valence-corrected chi connectivity index (χ0v) is 15.5. The number of nitrogens with one attached hydrogen (secondary N) is 2. The first-order chi connectivity index (χ1) is 11.9. The maximum Gasteiger partial charge on any atom is 0.229 e. The molecule has 0 aromatic heterocycles. The topological polar surface area (TPSA) is 61.4 Å². The lowest BCUT2D eigenvalue weighted by Gasteiger charge is -2.32. The number of hydrogen-bond acceptors (Lipinski definition) is 4. The van der Waals surface area contributed by atoms with Gasteiger partial charge in [0.15, 0.2) is 0 Å². The fraction of sp³-hybridized carbons (Fsp3) is 0.368. The monoisotopic (exact) mass is 359 g/mol. The van der Waals surface area contributed by atoms with Crippen LogP contribution in [0.5, 0.6) is 0 Å². The minimum Gasteiger partial charge on any atom is -0.372 e. The summed E-state index contributed by atoms with van der Waals surface area (Å²) in [6, 6.07) is 15.7. The van der Waals surface area contributed by atoms with Crippen LogP contribution in [0, 0.1) is 5.92 Å². The highest BCUT2D eigenvalue weighted by Crippen LogP contribution is 2.26. The van der Waals surface area contributed by atoms with Gasteiger partial charge in [-0.1, -0.05) is 6.92 Å². The molecule has 1 heterocycles. The lowest BCUT2D eigenvalue weighted by molar-refractivity contribution is 0.438. The van der Waals surface area contributed by atoms with Crippen LogP contribution in [-0.4, -0.2) is 27.8 Å². The molecular weight excluding hydrogens is 334 g/mol. The van der Waals surface area contributed by atoms with E-state index in [-0.39, 0.29) is 0 Å². The van der Waals surface area contributed by atoms with Gasteiger partial charge in [0.05, 0.1) is 6.26 Å². The van der Waals surface area contributed by atoms with E-state index in [4.69, 9.17) is 0 Å². The molecule has 0 spiro atoms. The summed E-state index contributed by atoms with van der Waals surface area (Å²) in [5.41, 5.74) is 3.75. The van der Waals surface area contributed by atoms with Crippen LogP contribution in [0.25, 0.3) is 0 Å². The van der Waals surface area contributed by atoms with E-state index in [0.29, 0.717) is 5.69 Å². The molecule has 1 aliphatic rings. The van der Waals surface area contributed by atoms with Crippen LogP contribution in [0.15, 0.2) is 48.5 Å². The van der Waals surface area contributed by atoms with Crippen molar-refractivity contribution in [2.45, 2.75) is 19.8 Å². The third-order valence-corrected chi connectivity index (χ3v) is 5.10. The molecular formula is C19H25N3O2S. The molecule has 6 heteroatoms. The van der Waals surface area contributed by atoms with Gasteiger partial charge in [-0.2, -0.15) is 0 Å². The van der Waals surface area contributed by atoms with Crippen molar-refractivity contribution in [1.82, 2.24) is 0 Å². The standard InChI is InChI=1S/C19H25N3O2S/c1-15-11-13-22(14-12-15)19-9-7-17(8-10-19)20-16-3-5-18(6-4-16)21-25(2,23)24/h3-10,15,20-21H,11-14H2,1-2H3. The highest BCUT2D eigenvalue weighted by Gasteiger charge is 2.15.